The van der Waals surface area contributed by atoms with Gasteiger partial charge in [0.25, 0.3) is 5.91 Å². The molecule has 1 aliphatic heterocycles. The Balaban J connectivity index is 2.27. The lowest BCUT2D eigenvalue weighted by molar-refractivity contribution is 0.000337. The van der Waals surface area contributed by atoms with Crippen molar-refractivity contribution in [3.05, 3.63) is 29.0 Å². The van der Waals surface area contributed by atoms with Gasteiger partial charge in [-0.25, -0.2) is 0 Å². The molecule has 0 radical (unpaired) electrons. The van der Waals surface area contributed by atoms with E-state index < -0.39 is 5.60 Å². The normalized spacial score (nSPS) is 20.2. The highest BCUT2D eigenvalue weighted by Crippen LogP contribution is 2.29. The van der Waals surface area contributed by atoms with Crippen molar-refractivity contribution in [2.24, 2.45) is 0 Å². The summed E-state index contributed by atoms with van der Waals surface area (Å²) in [6.07, 6.45) is 4.74. The van der Waals surface area contributed by atoms with Gasteiger partial charge in [-0.15, -0.1) is 0 Å². The van der Waals surface area contributed by atoms with Crippen molar-refractivity contribution in [1.29, 1.82) is 0 Å². The molecule has 5 heteroatoms. The maximum atomic E-state index is 12.4. The van der Waals surface area contributed by atoms with Crippen molar-refractivity contribution in [2.75, 3.05) is 6.54 Å². The van der Waals surface area contributed by atoms with Gasteiger partial charge in [-0.3, -0.25) is 9.78 Å². The van der Waals surface area contributed by atoms with Crippen molar-refractivity contribution in [1.82, 2.24) is 9.88 Å². The second-order valence-corrected chi connectivity index (χ2v) is 5.57. The van der Waals surface area contributed by atoms with Crippen LogP contribution in [0.25, 0.3) is 0 Å². The molecule has 0 bridgehead atoms. The van der Waals surface area contributed by atoms with Crippen LogP contribution in [-0.4, -0.2) is 39.1 Å². The SMILES string of the molecule is CC(C)(O)C1CCCN1C(=O)c1ccncc1Cl. The number of pyridine rings is 1. The number of amides is 1. The van der Waals surface area contributed by atoms with Crippen LogP contribution >= 0.6 is 11.6 Å². The third-order valence-electron chi connectivity index (χ3n) is 3.33. The Morgan fingerprint density at radius 2 is 2.33 bits per heavy atom. The molecule has 2 heterocycles. The van der Waals surface area contributed by atoms with E-state index in [0.717, 1.165) is 12.8 Å². The van der Waals surface area contributed by atoms with Crippen LogP contribution in [-0.2, 0) is 0 Å². The summed E-state index contributed by atoms with van der Waals surface area (Å²) in [5.74, 6) is -0.132. The molecular formula is C13H17ClN2O2. The molecule has 0 saturated carbocycles. The van der Waals surface area contributed by atoms with Crippen molar-refractivity contribution >= 4 is 17.5 Å². The van der Waals surface area contributed by atoms with Gasteiger partial charge in [0.15, 0.2) is 0 Å². The number of carbonyl (C=O) groups is 1. The van der Waals surface area contributed by atoms with Crippen LogP contribution in [0.15, 0.2) is 18.5 Å². The highest BCUT2D eigenvalue weighted by Gasteiger charge is 2.39. The first-order valence-corrected chi connectivity index (χ1v) is 6.42. The monoisotopic (exact) mass is 268 g/mol. The minimum Gasteiger partial charge on any atom is -0.388 e. The predicted octanol–water partition coefficient (Wildman–Crippen LogP) is 2.11. The van der Waals surface area contributed by atoms with Crippen LogP contribution < -0.4 is 0 Å². The number of carbonyl (C=O) groups excluding carboxylic acids is 1. The van der Waals surface area contributed by atoms with Gasteiger partial charge in [-0.05, 0) is 32.8 Å². The van der Waals surface area contributed by atoms with Crippen molar-refractivity contribution in [3.63, 3.8) is 0 Å². The quantitative estimate of drug-likeness (QED) is 0.894. The van der Waals surface area contributed by atoms with Gasteiger partial charge in [0.1, 0.15) is 0 Å². The molecule has 0 aromatic carbocycles. The molecule has 1 unspecified atom stereocenters. The number of rotatable bonds is 2. The number of hydrogen-bond acceptors (Lipinski definition) is 3. The average Bonchev–Trinajstić information content (AvgIpc) is 2.77. The molecule has 2 rings (SSSR count). The third-order valence-corrected chi connectivity index (χ3v) is 3.63. The molecule has 1 saturated heterocycles. The standard InChI is InChI=1S/C13H17ClN2O2/c1-13(2,18)11-4-3-7-16(11)12(17)9-5-6-15-8-10(9)14/h5-6,8,11,18H,3-4,7H2,1-2H3. The molecule has 1 aliphatic rings. The fourth-order valence-corrected chi connectivity index (χ4v) is 2.65. The first-order valence-electron chi connectivity index (χ1n) is 6.04. The van der Waals surface area contributed by atoms with Gasteiger partial charge in [0, 0.05) is 18.9 Å². The number of hydrogen-bond donors (Lipinski definition) is 1. The molecule has 18 heavy (non-hydrogen) atoms. The molecule has 98 valence electrons. The van der Waals surface area contributed by atoms with Gasteiger partial charge in [-0.1, -0.05) is 11.6 Å². The fraction of sp³-hybridized carbons (Fsp3) is 0.538. The summed E-state index contributed by atoms with van der Waals surface area (Å²) < 4.78 is 0. The van der Waals surface area contributed by atoms with E-state index in [1.54, 1.807) is 31.0 Å². The van der Waals surface area contributed by atoms with Crippen LogP contribution in [0, 0.1) is 0 Å². The Morgan fingerprint density at radius 1 is 1.61 bits per heavy atom. The summed E-state index contributed by atoms with van der Waals surface area (Å²) in [6.45, 7) is 4.13. The first kappa shape index (κ1) is 13.3. The van der Waals surface area contributed by atoms with E-state index in [2.05, 4.69) is 4.98 Å². The lowest BCUT2D eigenvalue weighted by atomic mass is 9.96. The number of nitrogens with zero attached hydrogens (tertiary/aromatic N) is 2. The highest BCUT2D eigenvalue weighted by molar-refractivity contribution is 6.33. The maximum absolute atomic E-state index is 12.4. The second kappa shape index (κ2) is 4.86. The zero-order valence-electron chi connectivity index (χ0n) is 10.6. The Hall–Kier alpha value is -1.13. The van der Waals surface area contributed by atoms with Crippen molar-refractivity contribution in [2.45, 2.75) is 38.3 Å². The summed E-state index contributed by atoms with van der Waals surface area (Å²) >= 11 is 5.99. The minimum atomic E-state index is -0.897. The molecular weight excluding hydrogens is 252 g/mol. The van der Waals surface area contributed by atoms with Gasteiger partial charge in [0.2, 0.25) is 0 Å². The number of aliphatic hydroxyl groups is 1. The van der Waals surface area contributed by atoms with Crippen LogP contribution in [0.3, 0.4) is 0 Å². The van der Waals surface area contributed by atoms with Crippen molar-refractivity contribution < 1.29 is 9.90 Å². The van der Waals surface area contributed by atoms with Gasteiger partial charge < -0.3 is 10.0 Å². The summed E-state index contributed by atoms with van der Waals surface area (Å²) in [4.78, 5) is 18.0. The van der Waals surface area contributed by atoms with Gasteiger partial charge in [-0.2, -0.15) is 0 Å². The van der Waals surface area contributed by atoms with E-state index in [-0.39, 0.29) is 11.9 Å². The van der Waals surface area contributed by atoms with E-state index in [1.165, 1.54) is 6.20 Å². The van der Waals surface area contributed by atoms with Gasteiger partial charge >= 0.3 is 0 Å². The molecule has 1 amide bonds. The molecule has 1 fully saturated rings. The number of likely N-dealkylation sites (tertiary alicyclic amines) is 1. The van der Waals surface area contributed by atoms with E-state index in [1.807, 2.05) is 0 Å². The number of halogens is 1. The molecule has 1 aromatic rings. The summed E-state index contributed by atoms with van der Waals surface area (Å²) in [6, 6.07) is 1.46. The highest BCUT2D eigenvalue weighted by atomic mass is 35.5. The Labute approximate surface area is 112 Å². The number of aromatic nitrogens is 1. The minimum absolute atomic E-state index is 0.132. The summed E-state index contributed by atoms with van der Waals surface area (Å²) in [5, 5.41) is 10.5. The average molecular weight is 269 g/mol. The Kier molecular flexibility index (Phi) is 3.59. The van der Waals surface area contributed by atoms with E-state index in [9.17, 15) is 9.90 Å². The molecule has 0 spiro atoms. The lowest BCUT2D eigenvalue weighted by Crippen LogP contribution is -2.48. The van der Waals surface area contributed by atoms with Crippen molar-refractivity contribution in [3.8, 4) is 0 Å². The zero-order valence-corrected chi connectivity index (χ0v) is 11.3. The zero-order chi connectivity index (χ0) is 13.3. The lowest BCUT2D eigenvalue weighted by Gasteiger charge is -2.34. The molecule has 1 N–H and O–H groups in total. The molecule has 1 aromatic heterocycles. The third kappa shape index (κ3) is 2.49. The smallest absolute Gasteiger partial charge is 0.255 e. The van der Waals surface area contributed by atoms with E-state index in [0.29, 0.717) is 17.1 Å². The van der Waals surface area contributed by atoms with Crippen LogP contribution in [0.4, 0.5) is 0 Å². The Morgan fingerprint density at radius 3 is 2.94 bits per heavy atom. The first-order chi connectivity index (χ1) is 8.41. The molecule has 1 atom stereocenters. The van der Waals surface area contributed by atoms with E-state index >= 15 is 0 Å². The van der Waals surface area contributed by atoms with Crippen LogP contribution in [0.1, 0.15) is 37.0 Å². The van der Waals surface area contributed by atoms with Crippen LogP contribution in [0.5, 0.6) is 0 Å². The largest absolute Gasteiger partial charge is 0.388 e. The van der Waals surface area contributed by atoms with E-state index in [4.69, 9.17) is 11.6 Å². The molecule has 4 nitrogen and oxygen atoms in total. The maximum Gasteiger partial charge on any atom is 0.255 e. The summed E-state index contributed by atoms with van der Waals surface area (Å²) in [5.41, 5.74) is -0.450. The molecule has 0 aliphatic carbocycles. The fourth-order valence-electron chi connectivity index (χ4n) is 2.45. The topological polar surface area (TPSA) is 53.4 Å². The van der Waals surface area contributed by atoms with Crippen LogP contribution in [0.2, 0.25) is 5.02 Å². The Bertz CT molecular complexity index is 457. The van der Waals surface area contributed by atoms with Gasteiger partial charge in [0.05, 0.1) is 22.2 Å². The second-order valence-electron chi connectivity index (χ2n) is 5.17. The summed E-state index contributed by atoms with van der Waals surface area (Å²) in [7, 11) is 0. The predicted molar refractivity (Wildman–Crippen MR) is 69.6 cm³/mol.